The fourth-order valence-corrected chi connectivity index (χ4v) is 4.48. The van der Waals surface area contributed by atoms with Crippen molar-refractivity contribution in [3.63, 3.8) is 0 Å². The van der Waals surface area contributed by atoms with Crippen LogP contribution in [-0.2, 0) is 27.8 Å². The molecule has 156 valence electrons. The summed E-state index contributed by atoms with van der Waals surface area (Å²) >= 11 is 0. The Morgan fingerprint density at radius 1 is 0.833 bits per heavy atom. The van der Waals surface area contributed by atoms with E-state index in [-0.39, 0.29) is 23.9 Å². The number of hydrogen-bond donors (Lipinski definition) is 1. The number of sulfonamides is 1. The fraction of sp³-hybridized carbons (Fsp3) is 0.208. The molecule has 30 heavy (non-hydrogen) atoms. The highest BCUT2D eigenvalue weighted by Gasteiger charge is 2.26. The molecule has 0 saturated carbocycles. The second kappa shape index (κ2) is 10.2. The van der Waals surface area contributed by atoms with Crippen LogP contribution in [0.25, 0.3) is 0 Å². The molecule has 0 aliphatic rings. The number of amides is 1. The first-order valence-electron chi connectivity index (χ1n) is 9.86. The Kier molecular flexibility index (Phi) is 7.38. The van der Waals surface area contributed by atoms with E-state index in [1.807, 2.05) is 61.5 Å². The molecule has 0 saturated heterocycles. The van der Waals surface area contributed by atoms with Gasteiger partial charge in [-0.2, -0.15) is 4.31 Å². The second-order valence-electron chi connectivity index (χ2n) is 7.16. The van der Waals surface area contributed by atoms with Crippen LogP contribution >= 0.6 is 0 Å². The minimum atomic E-state index is -3.81. The molecule has 0 fully saturated rings. The van der Waals surface area contributed by atoms with Crippen molar-refractivity contribution < 1.29 is 13.2 Å². The third-order valence-corrected chi connectivity index (χ3v) is 6.57. The predicted molar refractivity (Wildman–Crippen MR) is 118 cm³/mol. The molecule has 5 nitrogen and oxygen atoms in total. The molecular weight excluding hydrogens is 396 g/mol. The van der Waals surface area contributed by atoms with Crippen LogP contribution in [0.1, 0.15) is 16.7 Å². The summed E-state index contributed by atoms with van der Waals surface area (Å²) in [6, 6.07) is 25.7. The molecule has 0 aliphatic carbocycles. The lowest BCUT2D eigenvalue weighted by molar-refractivity contribution is -0.121. The maximum Gasteiger partial charge on any atom is 0.243 e. The van der Waals surface area contributed by atoms with Gasteiger partial charge in [-0.3, -0.25) is 4.79 Å². The summed E-state index contributed by atoms with van der Waals surface area (Å²) in [5.41, 5.74) is 3.04. The molecule has 3 aromatic carbocycles. The number of carbonyl (C=O) groups is 1. The Morgan fingerprint density at radius 3 is 2.07 bits per heavy atom. The summed E-state index contributed by atoms with van der Waals surface area (Å²) in [4.78, 5) is 12.7. The molecule has 0 aliphatic heterocycles. The second-order valence-corrected chi connectivity index (χ2v) is 9.10. The summed E-state index contributed by atoms with van der Waals surface area (Å²) in [5.74, 6) is -0.322. The van der Waals surface area contributed by atoms with Gasteiger partial charge in [0.2, 0.25) is 15.9 Å². The van der Waals surface area contributed by atoms with Crippen LogP contribution in [0.2, 0.25) is 0 Å². The van der Waals surface area contributed by atoms with Gasteiger partial charge >= 0.3 is 0 Å². The van der Waals surface area contributed by atoms with E-state index in [4.69, 9.17) is 0 Å². The fourth-order valence-electron chi connectivity index (χ4n) is 3.07. The third-order valence-electron chi connectivity index (χ3n) is 4.76. The zero-order valence-electron chi connectivity index (χ0n) is 17.0. The van der Waals surface area contributed by atoms with Gasteiger partial charge in [-0.15, -0.1) is 0 Å². The lowest BCUT2D eigenvalue weighted by atomic mass is 10.1. The van der Waals surface area contributed by atoms with Gasteiger partial charge in [0.1, 0.15) is 0 Å². The molecule has 1 amide bonds. The Bertz CT molecular complexity index is 1050. The Hall–Kier alpha value is -2.96. The maximum absolute atomic E-state index is 13.2. The van der Waals surface area contributed by atoms with Gasteiger partial charge in [0.05, 0.1) is 11.4 Å². The van der Waals surface area contributed by atoms with E-state index in [1.54, 1.807) is 30.3 Å². The number of rotatable bonds is 9. The Labute approximate surface area is 178 Å². The normalized spacial score (nSPS) is 11.4. The van der Waals surface area contributed by atoms with Crippen LogP contribution in [0, 0.1) is 6.92 Å². The summed E-state index contributed by atoms with van der Waals surface area (Å²) in [6.45, 7) is 2.32. The maximum atomic E-state index is 13.2. The quantitative estimate of drug-likeness (QED) is 0.574. The van der Waals surface area contributed by atoms with Crippen molar-refractivity contribution in [2.45, 2.75) is 24.8 Å². The first-order chi connectivity index (χ1) is 14.4. The van der Waals surface area contributed by atoms with Crippen molar-refractivity contribution in [3.05, 3.63) is 102 Å². The highest BCUT2D eigenvalue weighted by Crippen LogP contribution is 2.18. The molecule has 0 unspecified atom stereocenters. The van der Waals surface area contributed by atoms with Gasteiger partial charge in [0.25, 0.3) is 0 Å². The molecule has 0 heterocycles. The van der Waals surface area contributed by atoms with Gasteiger partial charge in [-0.05, 0) is 36.6 Å². The first kappa shape index (κ1) is 21.7. The van der Waals surface area contributed by atoms with E-state index in [0.717, 1.165) is 16.7 Å². The van der Waals surface area contributed by atoms with E-state index >= 15 is 0 Å². The molecule has 3 aromatic rings. The first-order valence-corrected chi connectivity index (χ1v) is 11.3. The standard InChI is InChI=1S/C24H26N2O3S/c1-20-12-14-22(15-13-20)18-26(30(28,29)23-10-6-3-7-11-23)19-24(27)25-17-16-21-8-4-2-5-9-21/h2-15H,16-19H2,1H3,(H,25,27). The molecule has 0 bridgehead atoms. The monoisotopic (exact) mass is 422 g/mol. The Morgan fingerprint density at radius 2 is 1.43 bits per heavy atom. The van der Waals surface area contributed by atoms with E-state index in [9.17, 15) is 13.2 Å². The lowest BCUT2D eigenvalue weighted by Crippen LogP contribution is -2.40. The zero-order valence-corrected chi connectivity index (χ0v) is 17.8. The minimum absolute atomic E-state index is 0.129. The number of carbonyl (C=O) groups excluding carboxylic acids is 1. The lowest BCUT2D eigenvalue weighted by Gasteiger charge is -2.22. The largest absolute Gasteiger partial charge is 0.355 e. The summed E-state index contributed by atoms with van der Waals surface area (Å²) < 4.78 is 27.6. The molecule has 0 radical (unpaired) electrons. The van der Waals surface area contributed by atoms with Crippen molar-refractivity contribution in [3.8, 4) is 0 Å². The number of nitrogens with one attached hydrogen (secondary N) is 1. The molecule has 0 aromatic heterocycles. The van der Waals surface area contributed by atoms with Crippen LogP contribution in [-0.4, -0.2) is 31.7 Å². The van der Waals surface area contributed by atoms with E-state index < -0.39 is 10.0 Å². The summed E-state index contributed by atoms with van der Waals surface area (Å²) in [7, 11) is -3.81. The van der Waals surface area contributed by atoms with E-state index in [0.29, 0.717) is 13.0 Å². The number of nitrogens with zero attached hydrogens (tertiary/aromatic N) is 1. The number of benzene rings is 3. The van der Waals surface area contributed by atoms with Crippen LogP contribution in [0.15, 0.2) is 89.8 Å². The molecule has 0 spiro atoms. The smallest absolute Gasteiger partial charge is 0.243 e. The summed E-state index contributed by atoms with van der Waals surface area (Å²) in [5, 5.41) is 2.84. The van der Waals surface area contributed by atoms with Crippen molar-refractivity contribution in [2.75, 3.05) is 13.1 Å². The van der Waals surface area contributed by atoms with Gasteiger partial charge < -0.3 is 5.32 Å². The highest BCUT2D eigenvalue weighted by molar-refractivity contribution is 7.89. The molecule has 0 atom stereocenters. The van der Waals surface area contributed by atoms with E-state index in [2.05, 4.69) is 5.32 Å². The van der Waals surface area contributed by atoms with Gasteiger partial charge in [0.15, 0.2) is 0 Å². The van der Waals surface area contributed by atoms with Gasteiger partial charge in [-0.25, -0.2) is 8.42 Å². The molecular formula is C24H26N2O3S. The van der Waals surface area contributed by atoms with Crippen LogP contribution in [0.3, 0.4) is 0 Å². The van der Waals surface area contributed by atoms with Crippen molar-refractivity contribution >= 4 is 15.9 Å². The van der Waals surface area contributed by atoms with Crippen LogP contribution < -0.4 is 5.32 Å². The molecule has 6 heteroatoms. The molecule has 3 rings (SSSR count). The third kappa shape index (κ3) is 6.02. The highest BCUT2D eigenvalue weighted by atomic mass is 32.2. The average molecular weight is 423 g/mol. The molecule has 1 N–H and O–H groups in total. The number of hydrogen-bond acceptors (Lipinski definition) is 3. The van der Waals surface area contributed by atoms with Crippen molar-refractivity contribution in [1.29, 1.82) is 0 Å². The van der Waals surface area contributed by atoms with Crippen LogP contribution in [0.4, 0.5) is 0 Å². The average Bonchev–Trinajstić information content (AvgIpc) is 2.76. The Balaban J connectivity index is 1.71. The van der Waals surface area contributed by atoms with Gasteiger partial charge in [0, 0.05) is 13.1 Å². The number of aryl methyl sites for hydroxylation is 1. The predicted octanol–water partition coefficient (Wildman–Crippen LogP) is 3.54. The van der Waals surface area contributed by atoms with Crippen molar-refractivity contribution in [2.24, 2.45) is 0 Å². The summed E-state index contributed by atoms with van der Waals surface area (Å²) in [6.07, 6.45) is 0.690. The van der Waals surface area contributed by atoms with Gasteiger partial charge in [-0.1, -0.05) is 78.4 Å². The minimum Gasteiger partial charge on any atom is -0.355 e. The van der Waals surface area contributed by atoms with Crippen LogP contribution in [0.5, 0.6) is 0 Å². The zero-order chi connectivity index (χ0) is 21.4. The topological polar surface area (TPSA) is 66.5 Å². The van der Waals surface area contributed by atoms with E-state index in [1.165, 1.54) is 4.31 Å². The van der Waals surface area contributed by atoms with Crippen molar-refractivity contribution in [1.82, 2.24) is 9.62 Å². The SMILES string of the molecule is Cc1ccc(CN(CC(=O)NCCc2ccccc2)S(=O)(=O)c2ccccc2)cc1.